The minimum Gasteiger partial charge on any atom is -0.452 e. The van der Waals surface area contributed by atoms with Crippen molar-refractivity contribution in [3.8, 4) is 6.07 Å². The summed E-state index contributed by atoms with van der Waals surface area (Å²) in [6.45, 7) is 0.625. The number of amides is 1. The van der Waals surface area contributed by atoms with E-state index in [1.807, 2.05) is 10.8 Å². The van der Waals surface area contributed by atoms with Crippen LogP contribution in [0.3, 0.4) is 0 Å². The molecule has 0 aliphatic rings. The zero-order valence-corrected chi connectivity index (χ0v) is 15.5. The van der Waals surface area contributed by atoms with Crippen LogP contribution in [0.4, 0.5) is 10.1 Å². The number of esters is 1. The molecule has 146 valence electrons. The molecule has 2 aromatic carbocycles. The van der Waals surface area contributed by atoms with Crippen LogP contribution in [-0.4, -0.2) is 32.9 Å². The lowest BCUT2D eigenvalue weighted by molar-refractivity contribution is -0.151. The molecule has 8 nitrogen and oxygen atoms in total. The van der Waals surface area contributed by atoms with Gasteiger partial charge < -0.3 is 10.1 Å². The van der Waals surface area contributed by atoms with Crippen molar-refractivity contribution >= 4 is 27.6 Å². The second-order valence-electron chi connectivity index (χ2n) is 5.59. The first-order valence-corrected chi connectivity index (χ1v) is 9.45. The van der Waals surface area contributed by atoms with E-state index in [2.05, 4.69) is 5.32 Å². The Morgan fingerprint density at radius 3 is 2.32 bits per heavy atom. The van der Waals surface area contributed by atoms with Crippen LogP contribution in [-0.2, 0) is 24.3 Å². The number of nitriles is 1. The number of ether oxygens (including phenoxy) is 1. The second kappa shape index (κ2) is 9.07. The van der Waals surface area contributed by atoms with Gasteiger partial charge in [0.25, 0.3) is 5.91 Å². The Morgan fingerprint density at radius 2 is 1.75 bits per heavy atom. The van der Waals surface area contributed by atoms with Crippen LogP contribution >= 0.6 is 0 Å². The number of sulfonamides is 1. The summed E-state index contributed by atoms with van der Waals surface area (Å²) in [7, 11) is -4.03. The van der Waals surface area contributed by atoms with Gasteiger partial charge in [0.05, 0.1) is 16.5 Å². The third-order valence-electron chi connectivity index (χ3n) is 3.49. The highest BCUT2D eigenvalue weighted by Crippen LogP contribution is 2.11. The highest BCUT2D eigenvalue weighted by atomic mass is 32.2. The minimum atomic E-state index is -4.03. The monoisotopic (exact) mass is 405 g/mol. The van der Waals surface area contributed by atoms with Gasteiger partial charge in [0.1, 0.15) is 12.4 Å². The fourth-order valence-electron chi connectivity index (χ4n) is 2.02. The summed E-state index contributed by atoms with van der Waals surface area (Å²) in [6.07, 6.45) is -1.18. The first kappa shape index (κ1) is 21.0. The normalized spacial score (nSPS) is 11.9. The van der Waals surface area contributed by atoms with Gasteiger partial charge in [0, 0.05) is 5.69 Å². The number of benzene rings is 2. The van der Waals surface area contributed by atoms with Crippen LogP contribution in [0.2, 0.25) is 0 Å². The molecule has 0 aliphatic heterocycles. The standard InChI is InChI=1S/C18H16FN3O5S/c1-12(18(24)22-15-6-2-13(10-20)3-7-15)27-17(23)11-21-28(25,26)16-8-4-14(19)5-9-16/h2-9,12,21H,11H2,1H3,(H,22,24)/t12-/m1/s1. The van der Waals surface area contributed by atoms with Crippen molar-refractivity contribution in [3.05, 3.63) is 59.9 Å². The number of hydrogen-bond donors (Lipinski definition) is 2. The highest BCUT2D eigenvalue weighted by Gasteiger charge is 2.20. The van der Waals surface area contributed by atoms with Crippen molar-refractivity contribution in [2.24, 2.45) is 0 Å². The van der Waals surface area contributed by atoms with E-state index in [4.69, 9.17) is 10.00 Å². The first-order valence-electron chi connectivity index (χ1n) is 7.97. The molecule has 0 bridgehead atoms. The largest absolute Gasteiger partial charge is 0.452 e. The van der Waals surface area contributed by atoms with Gasteiger partial charge in [0.2, 0.25) is 10.0 Å². The lowest BCUT2D eigenvalue weighted by Gasteiger charge is -2.14. The van der Waals surface area contributed by atoms with Crippen molar-refractivity contribution in [1.29, 1.82) is 5.26 Å². The van der Waals surface area contributed by atoms with Crippen molar-refractivity contribution < 1.29 is 27.1 Å². The highest BCUT2D eigenvalue weighted by molar-refractivity contribution is 7.89. The summed E-state index contributed by atoms with van der Waals surface area (Å²) in [4.78, 5) is 23.6. The molecule has 2 rings (SSSR count). The number of anilines is 1. The van der Waals surface area contributed by atoms with E-state index in [-0.39, 0.29) is 4.90 Å². The average molecular weight is 405 g/mol. The molecule has 0 aliphatic carbocycles. The Hall–Kier alpha value is -3.29. The molecule has 2 aromatic rings. The van der Waals surface area contributed by atoms with E-state index in [0.717, 1.165) is 24.3 Å². The van der Waals surface area contributed by atoms with Crippen LogP contribution in [0.5, 0.6) is 0 Å². The molecule has 0 spiro atoms. The third-order valence-corrected chi connectivity index (χ3v) is 4.91. The number of halogens is 1. The topological polar surface area (TPSA) is 125 Å². The van der Waals surface area contributed by atoms with Gasteiger partial charge in [-0.3, -0.25) is 9.59 Å². The number of hydrogen-bond acceptors (Lipinski definition) is 6. The summed E-state index contributed by atoms with van der Waals surface area (Å²) < 4.78 is 43.8. The second-order valence-corrected chi connectivity index (χ2v) is 7.36. The molecule has 0 heterocycles. The van der Waals surface area contributed by atoms with Crippen LogP contribution < -0.4 is 10.0 Å². The summed E-state index contributed by atoms with van der Waals surface area (Å²) in [6, 6.07) is 12.0. The maximum absolute atomic E-state index is 12.9. The van der Waals surface area contributed by atoms with Crippen LogP contribution in [0.25, 0.3) is 0 Å². The molecule has 0 saturated carbocycles. The predicted molar refractivity (Wildman–Crippen MR) is 96.9 cm³/mol. The Kier molecular flexibility index (Phi) is 6.81. The third kappa shape index (κ3) is 5.87. The fourth-order valence-corrected chi connectivity index (χ4v) is 2.98. The molecule has 0 radical (unpaired) electrons. The zero-order valence-electron chi connectivity index (χ0n) is 14.7. The molecule has 2 N–H and O–H groups in total. The molecule has 28 heavy (non-hydrogen) atoms. The molecule has 10 heteroatoms. The van der Waals surface area contributed by atoms with Crippen molar-refractivity contribution in [2.75, 3.05) is 11.9 Å². The summed E-state index contributed by atoms with van der Waals surface area (Å²) in [5, 5.41) is 11.2. The molecule has 0 fully saturated rings. The molecule has 0 unspecified atom stereocenters. The molecule has 0 saturated heterocycles. The number of carbonyl (C=O) groups is 2. The van der Waals surface area contributed by atoms with Crippen molar-refractivity contribution in [1.82, 2.24) is 4.72 Å². The van der Waals surface area contributed by atoms with Gasteiger partial charge in [-0.1, -0.05) is 0 Å². The molecular weight excluding hydrogens is 389 g/mol. The van der Waals surface area contributed by atoms with Crippen molar-refractivity contribution in [2.45, 2.75) is 17.9 Å². The Bertz CT molecular complexity index is 999. The Morgan fingerprint density at radius 1 is 1.14 bits per heavy atom. The van der Waals surface area contributed by atoms with Gasteiger partial charge in [-0.2, -0.15) is 9.98 Å². The minimum absolute atomic E-state index is 0.215. The van der Waals surface area contributed by atoms with E-state index in [9.17, 15) is 22.4 Å². The number of rotatable bonds is 7. The summed E-state index contributed by atoms with van der Waals surface area (Å²) in [5.74, 6) is -2.19. The van der Waals surface area contributed by atoms with Gasteiger partial charge in [-0.05, 0) is 55.5 Å². The lowest BCUT2D eigenvalue weighted by Crippen LogP contribution is -2.35. The van der Waals surface area contributed by atoms with Crippen molar-refractivity contribution in [3.63, 3.8) is 0 Å². The maximum atomic E-state index is 12.9. The smallest absolute Gasteiger partial charge is 0.321 e. The van der Waals surface area contributed by atoms with Gasteiger partial charge in [0.15, 0.2) is 6.10 Å². The fraction of sp³-hybridized carbons (Fsp3) is 0.167. The lowest BCUT2D eigenvalue weighted by atomic mass is 10.2. The van der Waals surface area contributed by atoms with Crippen LogP contribution in [0.1, 0.15) is 12.5 Å². The number of nitrogens with one attached hydrogen (secondary N) is 2. The molecule has 0 aromatic heterocycles. The van der Waals surface area contributed by atoms with E-state index in [1.165, 1.54) is 31.2 Å². The van der Waals surface area contributed by atoms with Crippen LogP contribution in [0.15, 0.2) is 53.4 Å². The predicted octanol–water partition coefficient (Wildman–Crippen LogP) is 1.55. The summed E-state index contributed by atoms with van der Waals surface area (Å²) in [5.41, 5.74) is 0.829. The molecule has 1 amide bonds. The van der Waals surface area contributed by atoms with Crippen LogP contribution in [0, 0.1) is 17.1 Å². The molecular formula is C18H16FN3O5S. The van der Waals surface area contributed by atoms with E-state index >= 15 is 0 Å². The quantitative estimate of drug-likeness (QED) is 0.673. The summed E-state index contributed by atoms with van der Waals surface area (Å²) >= 11 is 0. The number of nitrogens with zero attached hydrogens (tertiary/aromatic N) is 1. The van der Waals surface area contributed by atoms with Gasteiger partial charge in [-0.25, -0.2) is 12.8 Å². The van der Waals surface area contributed by atoms with Gasteiger partial charge in [-0.15, -0.1) is 0 Å². The van der Waals surface area contributed by atoms with E-state index in [1.54, 1.807) is 0 Å². The van der Waals surface area contributed by atoms with Gasteiger partial charge >= 0.3 is 5.97 Å². The number of carbonyl (C=O) groups excluding carboxylic acids is 2. The Balaban J connectivity index is 1.86. The maximum Gasteiger partial charge on any atom is 0.321 e. The Labute approximate surface area is 161 Å². The average Bonchev–Trinajstić information content (AvgIpc) is 2.67. The van der Waals surface area contributed by atoms with E-state index < -0.39 is 40.4 Å². The molecule has 1 atom stereocenters. The zero-order chi connectivity index (χ0) is 20.7. The SMILES string of the molecule is C[C@@H](OC(=O)CNS(=O)(=O)c1ccc(F)cc1)C(=O)Nc1ccc(C#N)cc1. The van der Waals surface area contributed by atoms with E-state index in [0.29, 0.717) is 11.3 Å². The first-order chi connectivity index (χ1) is 13.2.